The number of aliphatic hydroxyl groups is 1. The summed E-state index contributed by atoms with van der Waals surface area (Å²) in [6.45, 7) is 0. The van der Waals surface area contributed by atoms with Gasteiger partial charge >= 0.3 is 0 Å². The van der Waals surface area contributed by atoms with Gasteiger partial charge < -0.3 is 10.8 Å². The average molecular weight is 252 g/mol. The van der Waals surface area contributed by atoms with Gasteiger partial charge in [0.25, 0.3) is 0 Å². The third-order valence-electron chi connectivity index (χ3n) is 2.98. The molecule has 17 heavy (non-hydrogen) atoms. The lowest BCUT2D eigenvalue weighted by atomic mass is 9.88. The van der Waals surface area contributed by atoms with E-state index in [0.29, 0.717) is 35.4 Å². The van der Waals surface area contributed by atoms with Gasteiger partial charge in [-0.2, -0.15) is 0 Å². The molecule has 1 atom stereocenters. The highest BCUT2D eigenvalue weighted by Gasteiger charge is 2.27. The quantitative estimate of drug-likeness (QED) is 0.850. The summed E-state index contributed by atoms with van der Waals surface area (Å²) in [5.74, 6) is 0.0230. The van der Waals surface area contributed by atoms with Crippen molar-refractivity contribution in [2.45, 2.75) is 25.3 Å². The Labute approximate surface area is 105 Å². The maximum absolute atomic E-state index is 11.8. The predicted octanol–water partition coefficient (Wildman–Crippen LogP) is 2.90. The Kier molecular flexibility index (Phi) is 3.50. The molecule has 0 fully saturated rings. The maximum Gasteiger partial charge on any atom is 0.164 e. The number of ketones is 1. The van der Waals surface area contributed by atoms with E-state index in [1.165, 1.54) is 0 Å². The van der Waals surface area contributed by atoms with Crippen molar-refractivity contribution in [3.05, 3.63) is 46.2 Å². The van der Waals surface area contributed by atoms with E-state index in [4.69, 9.17) is 17.3 Å². The number of carbonyl (C=O) groups excluding carboxylic acids is 1. The summed E-state index contributed by atoms with van der Waals surface area (Å²) in [7, 11) is 0. The second kappa shape index (κ2) is 4.90. The Morgan fingerprint density at radius 3 is 2.65 bits per heavy atom. The Bertz CT molecular complexity index is 482. The van der Waals surface area contributed by atoms with Crippen molar-refractivity contribution in [2.75, 3.05) is 0 Å². The van der Waals surface area contributed by atoms with Gasteiger partial charge in [0.2, 0.25) is 0 Å². The third kappa shape index (κ3) is 2.35. The monoisotopic (exact) mass is 251 g/mol. The molecule has 2 rings (SSSR count). The van der Waals surface area contributed by atoms with Gasteiger partial charge in [-0.05, 0) is 18.1 Å². The number of halogens is 1. The van der Waals surface area contributed by atoms with Gasteiger partial charge in [0, 0.05) is 17.9 Å². The molecule has 0 saturated carbocycles. The molecule has 0 amide bonds. The number of rotatable bonds is 2. The van der Waals surface area contributed by atoms with Crippen LogP contribution < -0.4 is 5.73 Å². The van der Waals surface area contributed by atoms with E-state index in [0.717, 1.165) is 0 Å². The van der Waals surface area contributed by atoms with E-state index in [-0.39, 0.29) is 11.5 Å². The molecule has 1 aliphatic carbocycles. The van der Waals surface area contributed by atoms with Crippen molar-refractivity contribution in [2.24, 2.45) is 5.73 Å². The first-order chi connectivity index (χ1) is 8.11. The van der Waals surface area contributed by atoms with Gasteiger partial charge in [-0.25, -0.2) is 0 Å². The molecule has 1 aliphatic rings. The van der Waals surface area contributed by atoms with Crippen LogP contribution in [0.25, 0.3) is 0 Å². The standard InChI is InChI=1S/C13H14ClNO2/c14-9-5-2-1-4-8(9)13(15)12-10(16)6-3-7-11(12)17/h1-2,4-5,13,16H,3,6-7,15H2. The third-order valence-corrected chi connectivity index (χ3v) is 3.32. The first-order valence-electron chi connectivity index (χ1n) is 5.56. The smallest absolute Gasteiger partial charge is 0.164 e. The van der Waals surface area contributed by atoms with Crippen molar-refractivity contribution in [3.63, 3.8) is 0 Å². The number of nitrogens with two attached hydrogens (primary N) is 1. The molecule has 1 aromatic rings. The van der Waals surface area contributed by atoms with Gasteiger partial charge in [0.1, 0.15) is 5.76 Å². The summed E-state index contributed by atoms with van der Waals surface area (Å²) in [4.78, 5) is 11.8. The molecule has 90 valence electrons. The fourth-order valence-corrected chi connectivity index (χ4v) is 2.34. The van der Waals surface area contributed by atoms with Gasteiger partial charge in [-0.3, -0.25) is 4.79 Å². The van der Waals surface area contributed by atoms with Crippen LogP contribution in [0.5, 0.6) is 0 Å². The minimum Gasteiger partial charge on any atom is -0.512 e. The number of carbonyl (C=O) groups is 1. The van der Waals surface area contributed by atoms with Crippen LogP contribution in [-0.4, -0.2) is 10.9 Å². The number of Topliss-reactive ketones (excluding diaryl/α,β-unsaturated/α-hetero) is 1. The van der Waals surface area contributed by atoms with Crippen LogP contribution in [-0.2, 0) is 4.79 Å². The fourth-order valence-electron chi connectivity index (χ4n) is 2.08. The summed E-state index contributed by atoms with van der Waals surface area (Å²) in [5, 5.41) is 10.3. The summed E-state index contributed by atoms with van der Waals surface area (Å²) in [6, 6.07) is 6.47. The molecule has 4 heteroatoms. The second-order valence-corrected chi connectivity index (χ2v) is 4.54. The Hall–Kier alpha value is -1.32. The number of benzene rings is 1. The number of hydrogen-bond donors (Lipinski definition) is 2. The van der Waals surface area contributed by atoms with Gasteiger partial charge in [-0.15, -0.1) is 0 Å². The molecule has 0 radical (unpaired) electrons. The zero-order valence-corrected chi connectivity index (χ0v) is 10.1. The predicted molar refractivity (Wildman–Crippen MR) is 66.9 cm³/mol. The van der Waals surface area contributed by atoms with E-state index < -0.39 is 6.04 Å². The molecular weight excluding hydrogens is 238 g/mol. The topological polar surface area (TPSA) is 63.3 Å². The summed E-state index contributed by atoms with van der Waals surface area (Å²) in [5.41, 5.74) is 7.01. The molecule has 0 heterocycles. The van der Waals surface area contributed by atoms with Crippen LogP contribution in [0.3, 0.4) is 0 Å². The minimum absolute atomic E-state index is 0.0823. The highest BCUT2D eigenvalue weighted by molar-refractivity contribution is 6.31. The molecule has 0 bridgehead atoms. The largest absolute Gasteiger partial charge is 0.512 e. The lowest BCUT2D eigenvalue weighted by molar-refractivity contribution is -0.116. The number of allylic oxidation sites excluding steroid dienone is 1. The number of hydrogen-bond acceptors (Lipinski definition) is 3. The summed E-state index contributed by atoms with van der Waals surface area (Å²) in [6.07, 6.45) is 1.64. The summed E-state index contributed by atoms with van der Waals surface area (Å²) >= 11 is 6.04. The highest BCUT2D eigenvalue weighted by Crippen LogP contribution is 2.32. The van der Waals surface area contributed by atoms with E-state index in [1.54, 1.807) is 18.2 Å². The first-order valence-corrected chi connectivity index (χ1v) is 5.94. The van der Waals surface area contributed by atoms with Crippen molar-refractivity contribution in [1.29, 1.82) is 0 Å². The molecule has 1 aromatic carbocycles. The second-order valence-electron chi connectivity index (χ2n) is 4.14. The molecule has 3 N–H and O–H groups in total. The van der Waals surface area contributed by atoms with Crippen molar-refractivity contribution < 1.29 is 9.90 Å². The van der Waals surface area contributed by atoms with Crippen LogP contribution in [0.2, 0.25) is 5.02 Å². The zero-order chi connectivity index (χ0) is 12.4. The Morgan fingerprint density at radius 1 is 1.29 bits per heavy atom. The Morgan fingerprint density at radius 2 is 2.00 bits per heavy atom. The van der Waals surface area contributed by atoms with Crippen LogP contribution in [0, 0.1) is 0 Å². The lowest BCUT2D eigenvalue weighted by Crippen LogP contribution is -2.24. The summed E-state index contributed by atoms with van der Waals surface area (Å²) < 4.78 is 0. The van der Waals surface area contributed by atoms with Gasteiger partial charge in [0.15, 0.2) is 5.78 Å². The van der Waals surface area contributed by atoms with Crippen molar-refractivity contribution in [3.8, 4) is 0 Å². The van der Waals surface area contributed by atoms with E-state index >= 15 is 0 Å². The lowest BCUT2D eigenvalue weighted by Gasteiger charge is -2.21. The van der Waals surface area contributed by atoms with Crippen LogP contribution in [0.15, 0.2) is 35.6 Å². The van der Waals surface area contributed by atoms with Crippen LogP contribution in [0.4, 0.5) is 0 Å². The molecule has 0 saturated heterocycles. The number of aliphatic hydroxyl groups excluding tert-OH is 1. The molecule has 0 aromatic heterocycles. The Balaban J connectivity index is 2.41. The van der Waals surface area contributed by atoms with E-state index in [9.17, 15) is 9.90 Å². The fraction of sp³-hybridized carbons (Fsp3) is 0.308. The average Bonchev–Trinajstić information content (AvgIpc) is 2.29. The van der Waals surface area contributed by atoms with Gasteiger partial charge in [0.05, 0.1) is 11.6 Å². The van der Waals surface area contributed by atoms with E-state index in [2.05, 4.69) is 0 Å². The van der Waals surface area contributed by atoms with Crippen molar-refractivity contribution >= 4 is 17.4 Å². The normalized spacial score (nSPS) is 18.4. The minimum atomic E-state index is -0.642. The van der Waals surface area contributed by atoms with Crippen LogP contribution >= 0.6 is 11.6 Å². The highest BCUT2D eigenvalue weighted by atomic mass is 35.5. The van der Waals surface area contributed by atoms with E-state index in [1.807, 2.05) is 6.07 Å². The molecule has 3 nitrogen and oxygen atoms in total. The molecular formula is C13H14ClNO2. The van der Waals surface area contributed by atoms with Crippen LogP contribution in [0.1, 0.15) is 30.9 Å². The SMILES string of the molecule is NC(C1=C(O)CCCC1=O)c1ccccc1Cl. The first kappa shape index (κ1) is 12.1. The molecule has 1 unspecified atom stereocenters. The maximum atomic E-state index is 11.8. The van der Waals surface area contributed by atoms with Gasteiger partial charge in [-0.1, -0.05) is 29.8 Å². The molecule has 0 spiro atoms. The van der Waals surface area contributed by atoms with Crippen molar-refractivity contribution in [1.82, 2.24) is 0 Å². The zero-order valence-electron chi connectivity index (χ0n) is 9.32. The molecule has 0 aliphatic heterocycles.